The fourth-order valence-corrected chi connectivity index (χ4v) is 5.72. The van der Waals surface area contributed by atoms with E-state index in [4.69, 9.17) is 10.5 Å². The maximum absolute atomic E-state index is 11.8. The minimum Gasteiger partial charge on any atom is -0.806 e. The first kappa shape index (κ1) is 38.2. The number of aliphatic hydroxyl groups is 2. The van der Waals surface area contributed by atoms with Crippen LogP contribution in [0.5, 0.6) is 0 Å². The van der Waals surface area contributed by atoms with Gasteiger partial charge in [-0.1, -0.05) is 0 Å². The molecule has 0 aromatic carbocycles. The third-order valence-electron chi connectivity index (χ3n) is 3.83. The van der Waals surface area contributed by atoms with Crippen molar-refractivity contribution in [2.24, 2.45) is 4.52 Å². The summed E-state index contributed by atoms with van der Waals surface area (Å²) < 4.78 is 38.4. The van der Waals surface area contributed by atoms with Crippen molar-refractivity contribution in [2.45, 2.75) is 24.5 Å². The van der Waals surface area contributed by atoms with E-state index in [1.807, 2.05) is 0 Å². The molecule has 18 nitrogen and oxygen atoms in total. The molecule has 25 heteroatoms. The largest absolute Gasteiger partial charge is 1.00 e. The van der Waals surface area contributed by atoms with E-state index < -0.39 is 54.5 Å². The number of imidazole rings is 1. The average molecular weight is 530 g/mol. The molecular weight excluding hydrogens is 517 g/mol. The number of anilines is 1. The van der Waals surface area contributed by atoms with Crippen LogP contribution in [-0.2, 0) is 22.7 Å². The van der Waals surface area contributed by atoms with Crippen LogP contribution in [0.15, 0.2) is 17.2 Å². The van der Waals surface area contributed by atoms with Crippen molar-refractivity contribution >= 4 is 40.3 Å². The van der Waals surface area contributed by atoms with Gasteiger partial charge in [0.1, 0.15) is 30.2 Å². The predicted molar refractivity (Wildman–Crippen MR) is 89.5 cm³/mol. The van der Waals surface area contributed by atoms with Gasteiger partial charge >= 0.3 is 83.2 Å². The topological polar surface area (TPSA) is 297 Å². The summed E-state index contributed by atoms with van der Waals surface area (Å²) in [5.41, 5.74) is 5.97. The summed E-state index contributed by atoms with van der Waals surface area (Å²) in [6, 6.07) is 0. The van der Waals surface area contributed by atoms with E-state index in [2.05, 4.69) is 28.3 Å². The Labute approximate surface area is 245 Å². The van der Waals surface area contributed by atoms with Gasteiger partial charge in [-0.25, -0.2) is 24.0 Å². The third kappa shape index (κ3) is 9.93. The summed E-state index contributed by atoms with van der Waals surface area (Å²) in [5, 5.41) is 20.4. The van der Waals surface area contributed by atoms with Gasteiger partial charge in [0.05, 0.1) is 20.8 Å². The zero-order valence-corrected chi connectivity index (χ0v) is 21.5. The normalized spacial score (nSPS) is 23.7. The Morgan fingerprint density at radius 1 is 1.09 bits per heavy atom. The van der Waals surface area contributed by atoms with Crippen molar-refractivity contribution < 1.29 is 133 Å². The van der Waals surface area contributed by atoms with Gasteiger partial charge in [0.2, 0.25) is 0 Å². The Bertz CT molecular complexity index is 1130. The number of hydrogen-bond acceptors (Lipinski definition) is 15. The van der Waals surface area contributed by atoms with Crippen LogP contribution in [-0.4, -0.2) is 59.5 Å². The molecule has 2 aromatic rings. The van der Waals surface area contributed by atoms with Crippen molar-refractivity contribution in [2.75, 3.05) is 12.3 Å². The molecule has 5 atom stereocenters. The van der Waals surface area contributed by atoms with Gasteiger partial charge < -0.3 is 54.0 Å². The second-order valence-corrected chi connectivity index (χ2v) is 10.4. The summed E-state index contributed by atoms with van der Waals surface area (Å²) in [5.74, 6) is 0.0319. The number of fused-ring (bicyclic) bond motifs is 1. The molecule has 1 saturated heterocycles. The fourth-order valence-electron chi connectivity index (χ4n) is 2.63. The maximum Gasteiger partial charge on any atom is 1.00 e. The van der Waals surface area contributed by atoms with Crippen LogP contribution >= 0.6 is 23.3 Å². The van der Waals surface area contributed by atoms with Crippen molar-refractivity contribution in [3.05, 3.63) is 12.7 Å². The second kappa shape index (κ2) is 14.4. The molecule has 3 heterocycles. The van der Waals surface area contributed by atoms with E-state index in [1.165, 1.54) is 10.9 Å². The molecule has 35 heavy (non-hydrogen) atoms. The minimum absolute atomic E-state index is 0. The van der Waals surface area contributed by atoms with Gasteiger partial charge in [-0.3, -0.25) is 9.09 Å². The Kier molecular flexibility index (Phi) is 15.7. The first-order chi connectivity index (χ1) is 14.2. The fraction of sp³-hybridized carbons (Fsp3) is 0.500. The molecular formula is C10H13Li4N6O12P3. The molecule has 5 N–H and O–H groups in total. The van der Waals surface area contributed by atoms with Crippen LogP contribution < -0.4 is 101 Å². The van der Waals surface area contributed by atoms with Crippen LogP contribution in [0.3, 0.4) is 0 Å². The molecule has 0 amide bonds. The van der Waals surface area contributed by atoms with Crippen LogP contribution in [0, 0.1) is 0 Å². The van der Waals surface area contributed by atoms with E-state index in [-0.39, 0.29) is 92.4 Å². The first-order valence-electron chi connectivity index (χ1n) is 7.90. The maximum atomic E-state index is 11.8. The summed E-state index contributed by atoms with van der Waals surface area (Å²) in [4.78, 5) is 64.2. The van der Waals surface area contributed by atoms with E-state index in [0.29, 0.717) is 0 Å². The summed E-state index contributed by atoms with van der Waals surface area (Å²) in [7, 11) is -17.5. The Morgan fingerprint density at radius 3 is 2.26 bits per heavy atom. The van der Waals surface area contributed by atoms with Gasteiger partial charge in [0, 0.05) is 0 Å². The second-order valence-electron chi connectivity index (χ2n) is 6.00. The molecule has 0 radical (unpaired) electrons. The number of ether oxygens (including phenoxy) is 1. The van der Waals surface area contributed by atoms with Gasteiger partial charge in [0.25, 0.3) is 0 Å². The number of nitrogens with zero attached hydrogens (tertiary/aromatic N) is 5. The van der Waals surface area contributed by atoms with Crippen molar-refractivity contribution in [1.29, 1.82) is 0 Å². The Morgan fingerprint density at radius 2 is 1.69 bits per heavy atom. The standard InChI is InChI=1S/C10H15N6O12P3.4Li/c11-8-5-9(13-2-12-8)16(3-14-5)10-7(18)6(17)4(27-10)1-26-29(19,20)15-30(21,22)28-31(23,24)25;;;;/h2-4,6-7,10,17-18H,1H2,(H5-2,11,12,13,19,20,21,22,23,24,25);;;;/q-2;4*+1/p-2/t4-,6-,7-,10-;;;;/m1..../s1. The van der Waals surface area contributed by atoms with Crippen LogP contribution in [0.25, 0.3) is 11.2 Å². The smallest absolute Gasteiger partial charge is 0.806 e. The molecule has 1 aliphatic rings. The Hall–Kier alpha value is 1.03. The zero-order valence-electron chi connectivity index (χ0n) is 18.8. The van der Waals surface area contributed by atoms with Crippen LogP contribution in [0.2, 0.25) is 0 Å². The number of nitrogen functional groups attached to an aromatic ring is 1. The van der Waals surface area contributed by atoms with Gasteiger partial charge in [-0.05, 0) is 7.74 Å². The number of aromatic nitrogens is 4. The number of phosphoric acid groups is 1. The van der Waals surface area contributed by atoms with Gasteiger partial charge in [0.15, 0.2) is 17.7 Å². The minimum atomic E-state index is -6.07. The number of aliphatic hydroxyl groups excluding tert-OH is 2. The van der Waals surface area contributed by atoms with E-state index in [1.54, 1.807) is 0 Å². The molecule has 1 fully saturated rings. The quantitative estimate of drug-likeness (QED) is 0.191. The van der Waals surface area contributed by atoms with Gasteiger partial charge in [-0.15, -0.1) is 0 Å². The van der Waals surface area contributed by atoms with Crippen LogP contribution in [0.1, 0.15) is 6.23 Å². The first-order valence-corrected chi connectivity index (χ1v) is 12.4. The molecule has 1 unspecified atom stereocenters. The number of hydrogen-bond donors (Lipinski definition) is 4. The molecule has 0 spiro atoms. The molecule has 0 saturated carbocycles. The van der Waals surface area contributed by atoms with E-state index >= 15 is 0 Å². The summed E-state index contributed by atoms with van der Waals surface area (Å²) >= 11 is 0. The number of rotatable bonds is 7. The van der Waals surface area contributed by atoms with Crippen molar-refractivity contribution in [1.82, 2.24) is 19.5 Å². The molecule has 174 valence electrons. The summed E-state index contributed by atoms with van der Waals surface area (Å²) in [6.45, 7) is -0.984. The molecule has 2 aromatic heterocycles. The molecule has 0 aliphatic carbocycles. The van der Waals surface area contributed by atoms with Crippen molar-refractivity contribution in [3.63, 3.8) is 0 Å². The number of nitrogens with two attached hydrogens (primary N) is 1. The molecule has 0 bridgehead atoms. The van der Waals surface area contributed by atoms with E-state index in [9.17, 15) is 43.8 Å². The average Bonchev–Trinajstić information content (AvgIpc) is 3.13. The molecule has 1 aliphatic heterocycles. The monoisotopic (exact) mass is 530 g/mol. The van der Waals surface area contributed by atoms with Crippen molar-refractivity contribution in [3.8, 4) is 0 Å². The zero-order chi connectivity index (χ0) is 23.2. The SMILES string of the molecule is Nc1ncnc2c1ncn2[C@@H]1O[C@H](COP(=O)(O)N=P([O-])([O-])OP(=O)([O-])[O-])[C@@H](O)[C@H]1O.[Li+].[Li+].[Li+].[Li+]. The third-order valence-corrected chi connectivity index (χ3v) is 7.72. The van der Waals surface area contributed by atoms with Crippen LogP contribution in [0.4, 0.5) is 5.82 Å². The predicted octanol–water partition coefficient (Wildman–Crippen LogP) is -16.3. The van der Waals surface area contributed by atoms with Gasteiger partial charge in [-0.2, -0.15) is 0 Å². The molecule has 3 rings (SSSR count). The van der Waals surface area contributed by atoms with E-state index in [0.717, 1.165) is 6.33 Å². The summed E-state index contributed by atoms with van der Waals surface area (Å²) in [6.07, 6.45) is -3.80. The Balaban J connectivity index is 0.